The van der Waals surface area contributed by atoms with Crippen molar-refractivity contribution in [2.24, 2.45) is 23.7 Å². The Morgan fingerprint density at radius 2 is 1.50 bits per heavy atom. The van der Waals surface area contributed by atoms with Gasteiger partial charge in [0.1, 0.15) is 6.61 Å². The van der Waals surface area contributed by atoms with E-state index in [-0.39, 0.29) is 11.5 Å². The topological polar surface area (TPSA) is 18.5 Å². The molecule has 0 bridgehead atoms. The van der Waals surface area contributed by atoms with E-state index in [2.05, 4.69) is 6.08 Å². The Hall–Kier alpha value is -1.58. The molecular weight excluding hydrogens is 358 g/mol. The number of halogens is 2. The summed E-state index contributed by atoms with van der Waals surface area (Å²) in [5.74, 6) is 1.72. The second-order valence-electron chi connectivity index (χ2n) is 9.05. The van der Waals surface area contributed by atoms with E-state index in [4.69, 9.17) is 9.47 Å². The first-order valence-corrected chi connectivity index (χ1v) is 10.9. The zero-order valence-corrected chi connectivity index (χ0v) is 17.1. The van der Waals surface area contributed by atoms with Gasteiger partial charge in [-0.3, -0.25) is 0 Å². The fourth-order valence-corrected chi connectivity index (χ4v) is 5.32. The summed E-state index contributed by atoms with van der Waals surface area (Å²) in [6, 6.07) is 1.48. The lowest BCUT2D eigenvalue weighted by atomic mass is 9.70. The number of benzene rings is 1. The lowest BCUT2D eigenvalue weighted by Gasteiger charge is -2.35. The fourth-order valence-electron chi connectivity index (χ4n) is 5.32. The van der Waals surface area contributed by atoms with E-state index in [1.165, 1.54) is 63.7 Å². The molecule has 0 radical (unpaired) electrons. The van der Waals surface area contributed by atoms with Gasteiger partial charge in [0.15, 0.2) is 11.5 Å². The van der Waals surface area contributed by atoms with Gasteiger partial charge in [-0.2, -0.15) is 8.78 Å². The number of rotatable bonds is 6. The maximum absolute atomic E-state index is 14.3. The number of hydrogen-bond donors (Lipinski definition) is 0. The van der Waals surface area contributed by atoms with Crippen molar-refractivity contribution in [3.63, 3.8) is 0 Å². The molecule has 2 fully saturated rings. The van der Waals surface area contributed by atoms with Gasteiger partial charge >= 0.3 is 0 Å². The summed E-state index contributed by atoms with van der Waals surface area (Å²) in [6.45, 7) is 2.05. The molecule has 154 valence electrons. The van der Waals surface area contributed by atoms with Gasteiger partial charge in [-0.05, 0) is 106 Å². The SMILES string of the molecule is COc1cc(C)c(OCC2=CCC(C3CCC(C4CC4)CC3)CC2)c(F)c1F. The van der Waals surface area contributed by atoms with Gasteiger partial charge in [0.05, 0.1) is 7.11 Å². The van der Waals surface area contributed by atoms with Crippen molar-refractivity contribution in [3.8, 4) is 11.5 Å². The molecule has 3 aliphatic rings. The van der Waals surface area contributed by atoms with Crippen molar-refractivity contribution in [3.05, 3.63) is 34.9 Å². The van der Waals surface area contributed by atoms with Crippen LogP contribution in [0.25, 0.3) is 0 Å². The minimum atomic E-state index is -0.984. The molecule has 1 unspecified atom stereocenters. The molecule has 2 saturated carbocycles. The minimum Gasteiger partial charge on any atom is -0.494 e. The van der Waals surface area contributed by atoms with E-state index < -0.39 is 11.6 Å². The Labute approximate surface area is 167 Å². The number of hydrogen-bond acceptors (Lipinski definition) is 2. The smallest absolute Gasteiger partial charge is 0.204 e. The zero-order valence-electron chi connectivity index (χ0n) is 17.1. The van der Waals surface area contributed by atoms with Crippen molar-refractivity contribution >= 4 is 0 Å². The lowest BCUT2D eigenvalue weighted by Crippen LogP contribution is -2.24. The van der Waals surface area contributed by atoms with E-state index in [0.717, 1.165) is 36.5 Å². The van der Waals surface area contributed by atoms with Crippen LogP contribution in [0.3, 0.4) is 0 Å². The van der Waals surface area contributed by atoms with Crippen molar-refractivity contribution in [2.45, 2.75) is 64.7 Å². The monoisotopic (exact) mass is 390 g/mol. The molecule has 0 aliphatic heterocycles. The van der Waals surface area contributed by atoms with Crippen LogP contribution < -0.4 is 9.47 Å². The minimum absolute atomic E-state index is 0.000258. The summed E-state index contributed by atoms with van der Waals surface area (Å²) < 4.78 is 38.8. The molecule has 1 aromatic carbocycles. The average Bonchev–Trinajstić information content (AvgIpc) is 3.56. The van der Waals surface area contributed by atoms with Gasteiger partial charge in [-0.15, -0.1) is 0 Å². The fraction of sp³-hybridized carbons (Fsp3) is 0.667. The molecule has 0 spiro atoms. The number of allylic oxidation sites excluding steroid dienone is 1. The molecule has 1 aromatic rings. The molecule has 28 heavy (non-hydrogen) atoms. The first-order valence-electron chi connectivity index (χ1n) is 10.9. The van der Waals surface area contributed by atoms with E-state index in [0.29, 0.717) is 12.2 Å². The zero-order chi connectivity index (χ0) is 19.7. The van der Waals surface area contributed by atoms with Gasteiger partial charge in [0.25, 0.3) is 0 Å². The van der Waals surface area contributed by atoms with E-state index in [1.54, 1.807) is 6.92 Å². The van der Waals surface area contributed by atoms with Gasteiger partial charge in [-0.1, -0.05) is 6.08 Å². The molecule has 0 aromatic heterocycles. The Balaban J connectivity index is 1.30. The van der Waals surface area contributed by atoms with Crippen LogP contribution in [0.2, 0.25) is 0 Å². The average molecular weight is 391 g/mol. The summed E-state index contributed by atoms with van der Waals surface area (Å²) >= 11 is 0. The Morgan fingerprint density at radius 3 is 2.04 bits per heavy atom. The summed E-state index contributed by atoms with van der Waals surface area (Å²) in [7, 11) is 1.33. The van der Waals surface area contributed by atoms with E-state index in [9.17, 15) is 8.78 Å². The second kappa shape index (κ2) is 8.42. The third-order valence-corrected chi connectivity index (χ3v) is 7.25. The van der Waals surface area contributed by atoms with E-state index >= 15 is 0 Å². The third-order valence-electron chi connectivity index (χ3n) is 7.25. The number of ether oxygens (including phenoxy) is 2. The standard InChI is InChI=1S/C24H32F2O2/c1-15-13-21(27-2)22(25)23(26)24(15)28-14-16-3-5-17(6-4-16)18-7-9-19(10-8-18)20-11-12-20/h3,13,17-20H,4-12,14H2,1-2H3. The molecule has 0 N–H and O–H groups in total. The second-order valence-corrected chi connectivity index (χ2v) is 9.05. The maximum Gasteiger partial charge on any atom is 0.204 e. The van der Waals surface area contributed by atoms with Crippen LogP contribution in [0.5, 0.6) is 11.5 Å². The van der Waals surface area contributed by atoms with Crippen LogP contribution in [0.1, 0.15) is 63.4 Å². The molecular formula is C24H32F2O2. The van der Waals surface area contributed by atoms with Gasteiger partial charge in [0, 0.05) is 0 Å². The van der Waals surface area contributed by atoms with Crippen LogP contribution in [-0.2, 0) is 0 Å². The molecule has 1 atom stereocenters. The van der Waals surface area contributed by atoms with Crippen molar-refractivity contribution in [1.82, 2.24) is 0 Å². The first-order chi connectivity index (χ1) is 13.6. The van der Waals surface area contributed by atoms with Crippen LogP contribution in [0.4, 0.5) is 8.78 Å². The van der Waals surface area contributed by atoms with Crippen LogP contribution in [0, 0.1) is 42.2 Å². The highest BCUT2D eigenvalue weighted by Crippen LogP contribution is 2.47. The highest BCUT2D eigenvalue weighted by Gasteiger charge is 2.36. The number of aryl methyl sites for hydroxylation is 1. The third kappa shape index (κ3) is 4.21. The van der Waals surface area contributed by atoms with Crippen molar-refractivity contribution in [2.75, 3.05) is 13.7 Å². The van der Waals surface area contributed by atoms with Crippen LogP contribution >= 0.6 is 0 Å². The summed E-state index contributed by atoms with van der Waals surface area (Å²) in [5.41, 5.74) is 1.76. The highest BCUT2D eigenvalue weighted by molar-refractivity contribution is 5.42. The lowest BCUT2D eigenvalue weighted by molar-refractivity contribution is 0.179. The van der Waals surface area contributed by atoms with Crippen LogP contribution in [-0.4, -0.2) is 13.7 Å². The van der Waals surface area contributed by atoms with Gasteiger partial charge in [-0.25, -0.2) is 0 Å². The van der Waals surface area contributed by atoms with Crippen molar-refractivity contribution < 1.29 is 18.3 Å². The molecule has 4 heteroatoms. The molecule has 4 rings (SSSR count). The molecule has 0 heterocycles. The first kappa shape index (κ1) is 19.7. The highest BCUT2D eigenvalue weighted by atomic mass is 19.2. The normalized spacial score (nSPS) is 28.0. The summed E-state index contributed by atoms with van der Waals surface area (Å²) in [6.07, 6.45) is 14.2. The maximum atomic E-state index is 14.3. The quantitative estimate of drug-likeness (QED) is 0.509. The molecule has 0 amide bonds. The van der Waals surface area contributed by atoms with E-state index in [1.807, 2.05) is 0 Å². The Bertz CT molecular complexity index is 731. The predicted molar refractivity (Wildman–Crippen MR) is 107 cm³/mol. The Morgan fingerprint density at radius 1 is 0.893 bits per heavy atom. The number of methoxy groups -OCH3 is 1. The molecule has 3 aliphatic carbocycles. The molecule has 0 saturated heterocycles. The largest absolute Gasteiger partial charge is 0.494 e. The summed E-state index contributed by atoms with van der Waals surface area (Å²) in [4.78, 5) is 0. The van der Waals surface area contributed by atoms with Gasteiger partial charge < -0.3 is 9.47 Å². The van der Waals surface area contributed by atoms with Crippen molar-refractivity contribution in [1.29, 1.82) is 0 Å². The predicted octanol–water partition coefficient (Wildman–Crippen LogP) is 6.60. The van der Waals surface area contributed by atoms with Crippen LogP contribution in [0.15, 0.2) is 17.7 Å². The Kier molecular flexibility index (Phi) is 5.93. The van der Waals surface area contributed by atoms with Gasteiger partial charge in [0.2, 0.25) is 11.6 Å². The summed E-state index contributed by atoms with van der Waals surface area (Å²) in [5, 5.41) is 0. The molecule has 2 nitrogen and oxygen atoms in total.